The van der Waals surface area contributed by atoms with Gasteiger partial charge in [-0.25, -0.2) is 0 Å². The van der Waals surface area contributed by atoms with Crippen LogP contribution in [-0.4, -0.2) is 33.4 Å². The molecule has 1 aliphatic heterocycles. The molecule has 0 bridgehead atoms. The minimum atomic E-state index is 0.770. The predicted molar refractivity (Wildman–Crippen MR) is 65.2 cm³/mol. The van der Waals surface area contributed by atoms with E-state index in [0.717, 1.165) is 49.0 Å². The van der Waals surface area contributed by atoms with E-state index >= 15 is 0 Å². The van der Waals surface area contributed by atoms with Crippen LogP contribution < -0.4 is 15.4 Å². The van der Waals surface area contributed by atoms with E-state index in [9.17, 15) is 0 Å². The van der Waals surface area contributed by atoms with Gasteiger partial charge >= 0.3 is 0 Å². The highest BCUT2D eigenvalue weighted by molar-refractivity contribution is 5.69. The van der Waals surface area contributed by atoms with Crippen LogP contribution in [0.3, 0.4) is 0 Å². The first-order valence-corrected chi connectivity index (χ1v) is 5.50. The van der Waals surface area contributed by atoms with Crippen molar-refractivity contribution in [2.24, 2.45) is 0 Å². The Morgan fingerprint density at radius 3 is 2.62 bits per heavy atom. The highest BCUT2D eigenvalue weighted by Gasteiger charge is 2.17. The van der Waals surface area contributed by atoms with E-state index in [1.807, 2.05) is 19.1 Å². The van der Waals surface area contributed by atoms with Crippen molar-refractivity contribution in [3.05, 3.63) is 17.7 Å². The van der Waals surface area contributed by atoms with Crippen molar-refractivity contribution >= 4 is 11.4 Å². The number of nitrogens with zero attached hydrogens (tertiary/aromatic N) is 1. The lowest BCUT2D eigenvalue weighted by atomic mass is 10.1. The Kier molecular flexibility index (Phi) is 3.19. The molecule has 0 aliphatic carbocycles. The SMILES string of the molecule is COc1c(N2CCOCC2)ccc(N)c1C. The lowest BCUT2D eigenvalue weighted by Gasteiger charge is -2.30. The number of ether oxygens (including phenoxy) is 2. The van der Waals surface area contributed by atoms with E-state index in [2.05, 4.69) is 4.90 Å². The normalized spacial score (nSPS) is 16.2. The molecule has 1 fully saturated rings. The summed E-state index contributed by atoms with van der Waals surface area (Å²) in [4.78, 5) is 2.27. The van der Waals surface area contributed by atoms with Gasteiger partial charge in [-0.2, -0.15) is 0 Å². The lowest BCUT2D eigenvalue weighted by Crippen LogP contribution is -2.36. The number of benzene rings is 1. The topological polar surface area (TPSA) is 47.7 Å². The Balaban J connectivity index is 2.35. The van der Waals surface area contributed by atoms with Gasteiger partial charge in [0.2, 0.25) is 0 Å². The summed E-state index contributed by atoms with van der Waals surface area (Å²) in [5.74, 6) is 0.877. The molecule has 4 heteroatoms. The van der Waals surface area contributed by atoms with Gasteiger partial charge in [0, 0.05) is 24.3 Å². The highest BCUT2D eigenvalue weighted by Crippen LogP contribution is 2.35. The summed E-state index contributed by atoms with van der Waals surface area (Å²) < 4.78 is 10.8. The maximum Gasteiger partial charge on any atom is 0.147 e. The number of anilines is 2. The van der Waals surface area contributed by atoms with Crippen molar-refractivity contribution in [1.29, 1.82) is 0 Å². The molecule has 2 rings (SSSR count). The molecule has 0 amide bonds. The molecule has 16 heavy (non-hydrogen) atoms. The number of nitrogens with two attached hydrogens (primary N) is 1. The van der Waals surface area contributed by atoms with Crippen LogP contribution in [0, 0.1) is 6.92 Å². The largest absolute Gasteiger partial charge is 0.494 e. The number of methoxy groups -OCH3 is 1. The van der Waals surface area contributed by atoms with E-state index in [1.54, 1.807) is 7.11 Å². The van der Waals surface area contributed by atoms with Crippen LogP contribution in [0.5, 0.6) is 5.75 Å². The zero-order chi connectivity index (χ0) is 11.5. The fourth-order valence-corrected chi connectivity index (χ4v) is 2.00. The van der Waals surface area contributed by atoms with Crippen LogP contribution in [0.1, 0.15) is 5.56 Å². The number of nitrogen functional groups attached to an aromatic ring is 1. The second kappa shape index (κ2) is 4.61. The Morgan fingerprint density at radius 1 is 1.31 bits per heavy atom. The Bertz CT molecular complexity index is 374. The lowest BCUT2D eigenvalue weighted by molar-refractivity contribution is 0.122. The van der Waals surface area contributed by atoms with E-state index < -0.39 is 0 Å². The maximum atomic E-state index is 5.87. The average molecular weight is 222 g/mol. The molecule has 0 atom stereocenters. The fraction of sp³-hybridized carbons (Fsp3) is 0.500. The quantitative estimate of drug-likeness (QED) is 0.769. The van der Waals surface area contributed by atoms with Gasteiger partial charge in [-0.05, 0) is 19.1 Å². The van der Waals surface area contributed by atoms with Gasteiger partial charge in [-0.3, -0.25) is 0 Å². The van der Waals surface area contributed by atoms with E-state index in [1.165, 1.54) is 0 Å². The summed E-state index contributed by atoms with van der Waals surface area (Å²) >= 11 is 0. The minimum absolute atomic E-state index is 0.770. The fourth-order valence-electron chi connectivity index (χ4n) is 2.00. The molecule has 0 unspecified atom stereocenters. The molecule has 1 heterocycles. The second-order valence-corrected chi connectivity index (χ2v) is 3.93. The molecular formula is C12H18N2O2. The zero-order valence-corrected chi connectivity index (χ0v) is 9.82. The first-order chi connectivity index (χ1) is 7.74. The molecule has 0 aromatic heterocycles. The molecule has 1 saturated heterocycles. The van der Waals surface area contributed by atoms with Crippen molar-refractivity contribution < 1.29 is 9.47 Å². The van der Waals surface area contributed by atoms with Gasteiger partial charge in [0.1, 0.15) is 5.75 Å². The van der Waals surface area contributed by atoms with Crippen molar-refractivity contribution in [2.75, 3.05) is 44.0 Å². The molecule has 0 saturated carbocycles. The maximum absolute atomic E-state index is 5.87. The smallest absolute Gasteiger partial charge is 0.147 e. The Hall–Kier alpha value is -1.42. The van der Waals surface area contributed by atoms with Crippen molar-refractivity contribution in [1.82, 2.24) is 0 Å². The summed E-state index contributed by atoms with van der Waals surface area (Å²) in [6.07, 6.45) is 0. The summed E-state index contributed by atoms with van der Waals surface area (Å²) in [6, 6.07) is 3.95. The van der Waals surface area contributed by atoms with Gasteiger partial charge in [0.25, 0.3) is 0 Å². The van der Waals surface area contributed by atoms with E-state index in [0.29, 0.717) is 0 Å². The van der Waals surface area contributed by atoms with Gasteiger partial charge in [-0.15, -0.1) is 0 Å². The van der Waals surface area contributed by atoms with Gasteiger partial charge in [0.15, 0.2) is 0 Å². The summed E-state index contributed by atoms with van der Waals surface area (Å²) in [6.45, 7) is 5.33. The van der Waals surface area contributed by atoms with Crippen LogP contribution >= 0.6 is 0 Å². The second-order valence-electron chi connectivity index (χ2n) is 3.93. The Morgan fingerprint density at radius 2 is 2.00 bits per heavy atom. The highest BCUT2D eigenvalue weighted by atomic mass is 16.5. The molecule has 0 radical (unpaired) electrons. The van der Waals surface area contributed by atoms with Crippen LogP contribution in [0.2, 0.25) is 0 Å². The third-order valence-electron chi connectivity index (χ3n) is 2.98. The van der Waals surface area contributed by atoms with E-state index in [4.69, 9.17) is 15.2 Å². The minimum Gasteiger partial charge on any atom is -0.494 e. The first kappa shape index (κ1) is 11.1. The third-order valence-corrected chi connectivity index (χ3v) is 2.98. The van der Waals surface area contributed by atoms with Gasteiger partial charge < -0.3 is 20.1 Å². The molecule has 4 nitrogen and oxygen atoms in total. The number of hydrogen-bond donors (Lipinski definition) is 1. The molecule has 0 spiro atoms. The standard InChI is InChI=1S/C12H18N2O2/c1-9-10(13)3-4-11(12(9)15-2)14-5-7-16-8-6-14/h3-4H,5-8,13H2,1-2H3. The molecule has 88 valence electrons. The molecule has 2 N–H and O–H groups in total. The molecular weight excluding hydrogens is 204 g/mol. The van der Waals surface area contributed by atoms with Gasteiger partial charge in [0.05, 0.1) is 26.0 Å². The van der Waals surface area contributed by atoms with Crippen molar-refractivity contribution in [2.45, 2.75) is 6.92 Å². The van der Waals surface area contributed by atoms with E-state index in [-0.39, 0.29) is 0 Å². The van der Waals surface area contributed by atoms with Crippen LogP contribution in [0.15, 0.2) is 12.1 Å². The molecule has 1 aromatic carbocycles. The zero-order valence-electron chi connectivity index (χ0n) is 9.82. The monoisotopic (exact) mass is 222 g/mol. The molecule has 1 aliphatic rings. The number of rotatable bonds is 2. The Labute approximate surface area is 95.9 Å². The molecule has 1 aromatic rings. The average Bonchev–Trinajstić information content (AvgIpc) is 2.33. The van der Waals surface area contributed by atoms with Crippen LogP contribution in [0.4, 0.5) is 11.4 Å². The summed E-state index contributed by atoms with van der Waals surface area (Å²) in [5.41, 5.74) is 8.76. The first-order valence-electron chi connectivity index (χ1n) is 5.50. The van der Waals surface area contributed by atoms with Gasteiger partial charge in [-0.1, -0.05) is 0 Å². The number of hydrogen-bond acceptors (Lipinski definition) is 4. The van der Waals surface area contributed by atoms with Crippen LogP contribution in [0.25, 0.3) is 0 Å². The summed E-state index contributed by atoms with van der Waals surface area (Å²) in [7, 11) is 1.69. The predicted octanol–water partition coefficient (Wildman–Crippen LogP) is 1.42. The van der Waals surface area contributed by atoms with Crippen LogP contribution in [-0.2, 0) is 4.74 Å². The van der Waals surface area contributed by atoms with Crippen molar-refractivity contribution in [3.8, 4) is 5.75 Å². The number of morpholine rings is 1. The summed E-state index contributed by atoms with van der Waals surface area (Å²) in [5, 5.41) is 0. The third kappa shape index (κ3) is 1.93. The van der Waals surface area contributed by atoms with Crippen molar-refractivity contribution in [3.63, 3.8) is 0 Å².